The van der Waals surface area contributed by atoms with Crippen molar-refractivity contribution in [2.24, 2.45) is 0 Å². The van der Waals surface area contributed by atoms with Gasteiger partial charge in [-0.15, -0.1) is 11.8 Å². The first-order valence-electron chi connectivity index (χ1n) is 7.34. The van der Waals surface area contributed by atoms with Gasteiger partial charge in [0.25, 0.3) is 0 Å². The van der Waals surface area contributed by atoms with E-state index in [9.17, 15) is 13.7 Å². The van der Waals surface area contributed by atoms with E-state index >= 15 is 0 Å². The summed E-state index contributed by atoms with van der Waals surface area (Å²) in [5.74, 6) is 0. The SMILES string of the molecule is CS/C(NC1CCCCC1)=C(/C#N)S(=O)(=O)c1ccccc1. The van der Waals surface area contributed by atoms with Crippen LogP contribution in [0, 0.1) is 11.3 Å². The predicted molar refractivity (Wildman–Crippen MR) is 89.8 cm³/mol. The van der Waals surface area contributed by atoms with Gasteiger partial charge in [-0.25, -0.2) is 8.42 Å². The number of sulfone groups is 1. The van der Waals surface area contributed by atoms with Crippen LogP contribution in [-0.4, -0.2) is 20.7 Å². The topological polar surface area (TPSA) is 70.0 Å². The number of hydrogen-bond acceptors (Lipinski definition) is 5. The van der Waals surface area contributed by atoms with Gasteiger partial charge in [-0.05, 0) is 31.2 Å². The third-order valence-electron chi connectivity index (χ3n) is 3.77. The molecule has 0 heterocycles. The fourth-order valence-corrected chi connectivity index (χ4v) is 4.87. The molecule has 0 unspecified atom stereocenters. The van der Waals surface area contributed by atoms with Gasteiger partial charge in [0.05, 0.1) is 9.92 Å². The molecule has 0 aliphatic heterocycles. The highest BCUT2D eigenvalue weighted by molar-refractivity contribution is 8.04. The predicted octanol–water partition coefficient (Wildman–Crippen LogP) is 3.44. The van der Waals surface area contributed by atoms with E-state index in [1.54, 1.807) is 24.5 Å². The Hall–Kier alpha value is -1.45. The van der Waals surface area contributed by atoms with E-state index in [0.717, 1.165) is 25.7 Å². The quantitative estimate of drug-likeness (QED) is 0.834. The van der Waals surface area contributed by atoms with E-state index < -0.39 is 9.84 Å². The van der Waals surface area contributed by atoms with Crippen LogP contribution in [0.4, 0.5) is 0 Å². The van der Waals surface area contributed by atoms with Crippen molar-refractivity contribution in [3.05, 3.63) is 40.3 Å². The molecule has 1 aromatic rings. The molecule has 2 rings (SSSR count). The van der Waals surface area contributed by atoms with Crippen LogP contribution >= 0.6 is 11.8 Å². The molecule has 1 fully saturated rings. The zero-order chi connectivity index (χ0) is 16.0. The summed E-state index contributed by atoms with van der Waals surface area (Å²) in [4.78, 5) is -0.0275. The minimum atomic E-state index is -3.78. The van der Waals surface area contributed by atoms with Crippen LogP contribution in [0.3, 0.4) is 0 Å². The van der Waals surface area contributed by atoms with Gasteiger partial charge in [-0.2, -0.15) is 5.26 Å². The van der Waals surface area contributed by atoms with E-state index in [2.05, 4.69) is 5.32 Å². The summed E-state index contributed by atoms with van der Waals surface area (Å²) < 4.78 is 25.3. The summed E-state index contributed by atoms with van der Waals surface area (Å²) in [7, 11) is -3.78. The molecule has 4 nitrogen and oxygen atoms in total. The van der Waals surface area contributed by atoms with Crippen molar-refractivity contribution in [3.63, 3.8) is 0 Å². The van der Waals surface area contributed by atoms with Crippen LogP contribution in [0.25, 0.3) is 0 Å². The molecule has 1 aliphatic carbocycles. The molecule has 0 radical (unpaired) electrons. The maximum Gasteiger partial charge on any atom is 0.219 e. The van der Waals surface area contributed by atoms with Crippen molar-refractivity contribution < 1.29 is 8.42 Å². The van der Waals surface area contributed by atoms with Gasteiger partial charge in [0, 0.05) is 6.04 Å². The van der Waals surface area contributed by atoms with Crippen molar-refractivity contribution in [2.45, 2.75) is 43.0 Å². The van der Waals surface area contributed by atoms with Crippen molar-refractivity contribution in [3.8, 4) is 6.07 Å². The lowest BCUT2D eigenvalue weighted by molar-refractivity contribution is 0.402. The van der Waals surface area contributed by atoms with E-state index in [4.69, 9.17) is 0 Å². The smallest absolute Gasteiger partial charge is 0.219 e. The highest BCUT2D eigenvalue weighted by atomic mass is 32.2. The van der Waals surface area contributed by atoms with Crippen LogP contribution in [0.15, 0.2) is 45.2 Å². The number of thioether (sulfide) groups is 1. The van der Waals surface area contributed by atoms with E-state index in [1.165, 1.54) is 30.3 Å². The van der Waals surface area contributed by atoms with Crippen LogP contribution in [0.2, 0.25) is 0 Å². The molecule has 6 heteroatoms. The Morgan fingerprint density at radius 3 is 2.41 bits per heavy atom. The van der Waals surface area contributed by atoms with Crippen molar-refractivity contribution >= 4 is 21.6 Å². The number of nitrogens with zero attached hydrogens (tertiary/aromatic N) is 1. The lowest BCUT2D eigenvalue weighted by Gasteiger charge is -2.25. The average Bonchev–Trinajstić information content (AvgIpc) is 2.56. The first-order valence-corrected chi connectivity index (χ1v) is 10.1. The van der Waals surface area contributed by atoms with Crippen molar-refractivity contribution in [1.29, 1.82) is 5.26 Å². The van der Waals surface area contributed by atoms with Gasteiger partial charge in [0.2, 0.25) is 9.84 Å². The van der Waals surface area contributed by atoms with Crippen LogP contribution in [0.5, 0.6) is 0 Å². The summed E-state index contributed by atoms with van der Waals surface area (Å²) in [6.07, 6.45) is 7.36. The van der Waals surface area contributed by atoms with Crippen LogP contribution in [-0.2, 0) is 9.84 Å². The molecule has 0 spiro atoms. The monoisotopic (exact) mass is 336 g/mol. The molecule has 0 saturated heterocycles. The second-order valence-corrected chi connectivity index (χ2v) is 7.97. The molecule has 1 aromatic carbocycles. The second kappa shape index (κ2) is 7.70. The molecule has 1 N–H and O–H groups in total. The summed E-state index contributed by atoms with van der Waals surface area (Å²) in [6.45, 7) is 0. The molecule has 0 amide bonds. The van der Waals surface area contributed by atoms with Crippen LogP contribution < -0.4 is 5.32 Å². The van der Waals surface area contributed by atoms with Gasteiger partial charge in [-0.3, -0.25) is 0 Å². The lowest BCUT2D eigenvalue weighted by atomic mass is 9.96. The number of benzene rings is 1. The van der Waals surface area contributed by atoms with Crippen LogP contribution in [0.1, 0.15) is 32.1 Å². The molecule has 118 valence electrons. The van der Waals surface area contributed by atoms with E-state index in [-0.39, 0.29) is 15.8 Å². The normalized spacial score (nSPS) is 17.5. The number of allylic oxidation sites excluding steroid dienone is 1. The minimum Gasteiger partial charge on any atom is -0.375 e. The summed E-state index contributed by atoms with van der Waals surface area (Å²) in [5.41, 5.74) is 0. The van der Waals surface area contributed by atoms with Gasteiger partial charge >= 0.3 is 0 Å². The first kappa shape index (κ1) is 16.9. The molecule has 0 atom stereocenters. The zero-order valence-corrected chi connectivity index (χ0v) is 14.2. The fraction of sp³-hybridized carbons (Fsp3) is 0.438. The molecule has 22 heavy (non-hydrogen) atoms. The maximum atomic E-state index is 12.7. The fourth-order valence-electron chi connectivity index (χ4n) is 2.60. The first-order chi connectivity index (χ1) is 10.6. The summed E-state index contributed by atoms with van der Waals surface area (Å²) in [5, 5.41) is 13.1. The largest absolute Gasteiger partial charge is 0.375 e. The third kappa shape index (κ3) is 3.84. The van der Waals surface area contributed by atoms with Gasteiger partial charge in [0.1, 0.15) is 6.07 Å². The lowest BCUT2D eigenvalue weighted by Crippen LogP contribution is -2.30. The standard InChI is InChI=1S/C16H20N2O2S2/c1-21-16(18-13-8-4-2-5-9-13)15(12-17)22(19,20)14-10-6-3-7-11-14/h3,6-7,10-11,13,18H,2,4-5,8-9H2,1H3/b16-15-. The third-order valence-corrected chi connectivity index (χ3v) is 6.36. The number of nitriles is 1. The Kier molecular flexibility index (Phi) is 5.92. The summed E-state index contributed by atoms with van der Waals surface area (Å²) in [6, 6.07) is 10.3. The molecule has 0 bridgehead atoms. The Labute approximate surface area is 136 Å². The molecular formula is C16H20N2O2S2. The molecule has 0 aromatic heterocycles. The molecular weight excluding hydrogens is 316 g/mol. The van der Waals surface area contributed by atoms with E-state index in [1.807, 2.05) is 6.07 Å². The second-order valence-electron chi connectivity index (χ2n) is 5.27. The summed E-state index contributed by atoms with van der Waals surface area (Å²) >= 11 is 1.28. The Morgan fingerprint density at radius 1 is 1.23 bits per heavy atom. The van der Waals surface area contributed by atoms with Crippen molar-refractivity contribution in [1.82, 2.24) is 5.32 Å². The average molecular weight is 336 g/mol. The molecule has 1 aliphatic rings. The van der Waals surface area contributed by atoms with Gasteiger partial charge < -0.3 is 5.32 Å². The van der Waals surface area contributed by atoms with Gasteiger partial charge in [0.15, 0.2) is 4.91 Å². The van der Waals surface area contributed by atoms with Gasteiger partial charge in [-0.1, -0.05) is 37.5 Å². The number of hydrogen-bond donors (Lipinski definition) is 1. The minimum absolute atomic E-state index is 0.156. The Balaban J connectivity index is 2.35. The highest BCUT2D eigenvalue weighted by Crippen LogP contribution is 2.27. The zero-order valence-electron chi connectivity index (χ0n) is 12.6. The molecule has 1 saturated carbocycles. The number of nitrogens with one attached hydrogen (secondary N) is 1. The Bertz CT molecular complexity index is 670. The number of rotatable bonds is 5. The van der Waals surface area contributed by atoms with Crippen molar-refractivity contribution in [2.75, 3.05) is 6.26 Å². The maximum absolute atomic E-state index is 12.7. The highest BCUT2D eigenvalue weighted by Gasteiger charge is 2.26. The van der Waals surface area contributed by atoms with E-state index in [0.29, 0.717) is 5.03 Å². The Morgan fingerprint density at radius 2 is 1.86 bits per heavy atom.